The molecule has 0 bridgehead atoms. The van der Waals surface area contributed by atoms with Gasteiger partial charge in [-0.25, -0.2) is 0 Å². The van der Waals surface area contributed by atoms with Gasteiger partial charge < -0.3 is 5.11 Å². The maximum absolute atomic E-state index is 9.28. The number of aliphatic hydroxyl groups is 1. The molecule has 6 heterocycles. The molecular formula is C88H113BN2OS6. The fourth-order valence-electron chi connectivity index (χ4n) is 15.6. The van der Waals surface area contributed by atoms with E-state index in [1.54, 1.807) is 31.9 Å². The normalized spacial score (nSPS) is 12.6. The van der Waals surface area contributed by atoms with Gasteiger partial charge in [0.1, 0.15) is 11.0 Å². The highest BCUT2D eigenvalue weighted by molar-refractivity contribution is 7.32. The monoisotopic (exact) mass is 1420 g/mol. The Morgan fingerprint density at radius 3 is 1.50 bits per heavy atom. The van der Waals surface area contributed by atoms with Crippen LogP contribution in [0.15, 0.2) is 127 Å². The number of rotatable bonds is 47. The third kappa shape index (κ3) is 20.1. The molecule has 1 aliphatic rings. The van der Waals surface area contributed by atoms with Crippen molar-refractivity contribution in [2.24, 2.45) is 0 Å². The van der Waals surface area contributed by atoms with Crippen molar-refractivity contribution in [2.75, 3.05) is 6.61 Å². The Morgan fingerprint density at radius 1 is 0.388 bits per heavy atom. The lowest BCUT2D eigenvalue weighted by atomic mass is 9.70. The first-order chi connectivity index (χ1) is 48.4. The van der Waals surface area contributed by atoms with Crippen LogP contribution in [-0.4, -0.2) is 27.7 Å². The van der Waals surface area contributed by atoms with E-state index in [9.17, 15) is 5.11 Å². The highest BCUT2D eigenvalue weighted by atomic mass is 32.1. The van der Waals surface area contributed by atoms with E-state index in [2.05, 4.69) is 177 Å². The van der Waals surface area contributed by atoms with Crippen LogP contribution in [0.25, 0.3) is 74.4 Å². The average molecular weight is 1420 g/mol. The van der Waals surface area contributed by atoms with Crippen LogP contribution in [0.2, 0.25) is 0 Å². The third-order valence-electron chi connectivity index (χ3n) is 21.3. The highest BCUT2D eigenvalue weighted by Crippen LogP contribution is 2.56. The van der Waals surface area contributed by atoms with E-state index < -0.39 is 0 Å². The van der Waals surface area contributed by atoms with Crippen LogP contribution in [-0.2, 0) is 31.1 Å². The molecule has 0 saturated heterocycles. The number of hydrogen-bond acceptors (Lipinski definition) is 9. The molecule has 3 nitrogen and oxygen atoms in total. The van der Waals surface area contributed by atoms with E-state index in [1.165, 1.54) is 302 Å². The van der Waals surface area contributed by atoms with Gasteiger partial charge in [-0.05, 0) is 177 Å². The molecule has 10 heteroatoms. The van der Waals surface area contributed by atoms with Gasteiger partial charge in [-0.3, -0.25) is 0 Å². The summed E-state index contributed by atoms with van der Waals surface area (Å²) in [4.78, 5) is 9.87. The molecule has 6 aromatic heterocycles. The lowest BCUT2D eigenvalue weighted by Gasteiger charge is -2.33. The van der Waals surface area contributed by atoms with E-state index in [0.29, 0.717) is 6.61 Å². The maximum atomic E-state index is 9.28. The van der Waals surface area contributed by atoms with Crippen LogP contribution in [0.4, 0.5) is 0 Å². The summed E-state index contributed by atoms with van der Waals surface area (Å²) in [5.41, 5.74) is 19.1. The molecule has 4 aromatic carbocycles. The number of hydrogen-bond donors (Lipinski definition) is 1. The predicted molar refractivity (Wildman–Crippen MR) is 440 cm³/mol. The third-order valence-corrected chi connectivity index (χ3v) is 27.6. The molecule has 0 fully saturated rings. The number of benzene rings is 4. The smallest absolute Gasteiger partial charge is 0.218 e. The number of thiophene rings is 5. The minimum Gasteiger partial charge on any atom is -0.396 e. The molecule has 0 radical (unpaired) electrons. The van der Waals surface area contributed by atoms with Gasteiger partial charge in [-0.1, -0.05) is 280 Å². The molecule has 1 N–H and O–H groups in total. The van der Waals surface area contributed by atoms with Gasteiger partial charge in [0.15, 0.2) is 0 Å². The van der Waals surface area contributed by atoms with Crippen LogP contribution >= 0.6 is 68.4 Å². The van der Waals surface area contributed by atoms with E-state index in [0.717, 1.165) is 50.4 Å². The van der Waals surface area contributed by atoms with Crippen molar-refractivity contribution >= 4 is 96.3 Å². The molecule has 0 spiro atoms. The molecular weight excluding hydrogens is 1300 g/mol. The first-order valence-corrected chi connectivity index (χ1v) is 44.0. The van der Waals surface area contributed by atoms with Crippen molar-refractivity contribution in [1.29, 1.82) is 0 Å². The molecule has 0 saturated carbocycles. The summed E-state index contributed by atoms with van der Waals surface area (Å²) in [5, 5.41) is 11.7. The Labute approximate surface area is 616 Å². The number of unbranched alkanes of at least 4 members (excludes halogenated alkanes) is 27. The Hall–Kier alpha value is -4.78. The molecule has 1 aliphatic carbocycles. The van der Waals surface area contributed by atoms with E-state index in [4.69, 9.17) is 8.75 Å². The molecule has 0 amide bonds. The number of aliphatic hydroxyl groups excluding tert-OH is 1. The summed E-state index contributed by atoms with van der Waals surface area (Å²) in [6.07, 6.45) is 48.8. The number of nitrogens with zero attached hydrogens (tertiary/aromatic N) is 2. The number of aromatic nitrogens is 2. The molecule has 0 aliphatic heterocycles. The van der Waals surface area contributed by atoms with Gasteiger partial charge in [0.2, 0.25) is 7.28 Å². The summed E-state index contributed by atoms with van der Waals surface area (Å²) in [6.45, 7) is 9.61. The lowest BCUT2D eigenvalue weighted by Crippen LogP contribution is -2.25. The van der Waals surface area contributed by atoms with E-state index in [1.807, 2.05) is 34.0 Å². The van der Waals surface area contributed by atoms with Gasteiger partial charge in [0.25, 0.3) is 0 Å². The first-order valence-electron chi connectivity index (χ1n) is 39.1. The van der Waals surface area contributed by atoms with Crippen molar-refractivity contribution in [3.8, 4) is 63.3 Å². The highest BCUT2D eigenvalue weighted by Gasteiger charge is 2.43. The van der Waals surface area contributed by atoms with Gasteiger partial charge in [-0.2, -0.15) is 20.1 Å². The van der Waals surface area contributed by atoms with Crippen LogP contribution in [0, 0.1) is 0 Å². The second-order valence-corrected chi connectivity index (χ2v) is 34.8. The van der Waals surface area contributed by atoms with Crippen molar-refractivity contribution in [2.45, 2.75) is 277 Å². The number of aryl methyl sites for hydroxylation is 3. The molecule has 0 atom stereocenters. The SMILES string of the molecule is CCCCCCCCCCc1cc(-c2cc(CCCCCC)c(Cc3cc(CCCCCCO)cs3)s2)sc1Bc1ccc(-c2ccc(-c3ccc(-c4ccc5c(c4)C(CCCCCCCCCC)(CCCCCCCCCC)c4cc(-c6ccccc6)ccc4-5)s3)c3nsnc23)s1. The predicted octanol–water partition coefficient (Wildman–Crippen LogP) is 27.5. The quantitative estimate of drug-likeness (QED) is 0.0305. The Balaban J connectivity index is 0.840. The molecule has 0 unspecified atom stereocenters. The minimum absolute atomic E-state index is 0.0157. The van der Waals surface area contributed by atoms with Crippen LogP contribution < -0.4 is 9.55 Å². The zero-order valence-electron chi connectivity index (χ0n) is 60.2. The largest absolute Gasteiger partial charge is 0.396 e. The standard InChI is InChI=1S/C88H113BN2OS6/c1-5-9-13-17-20-23-26-34-44-70-62-83(82-61-68(43-33-16-12-8-4)81(95-82)63-71-58-65(64-93-71)40-32-27-30-39-57-92)97-87(70)89-84-54-53-80(96-84)75-50-49-74(85-86(75)91-98-90-85)79-52-51-78(94-79)69-46-48-73-72-47-45-67(66-41-35-31-36-42-66)59-76(72)88(77(73)60-69,55-37-28-24-21-18-14-10-6-2)56-38-29-25-22-19-15-11-7-3/h31,35-36,41-42,45-54,58-62,64,89,92H,5-30,32-34,37-40,43-44,55-57,63H2,1-4H3. The average Bonchev–Trinajstić information content (AvgIpc) is 1.56. The van der Waals surface area contributed by atoms with Crippen molar-refractivity contribution in [3.05, 3.63) is 164 Å². The van der Waals surface area contributed by atoms with Crippen molar-refractivity contribution in [3.63, 3.8) is 0 Å². The fourth-order valence-corrected chi connectivity index (χ4v) is 21.9. The topological polar surface area (TPSA) is 46.0 Å². The molecule has 520 valence electrons. The summed E-state index contributed by atoms with van der Waals surface area (Å²) in [7, 11) is 0.972. The Bertz CT molecular complexity index is 3940. The summed E-state index contributed by atoms with van der Waals surface area (Å²) in [6, 6.07) is 48.1. The summed E-state index contributed by atoms with van der Waals surface area (Å²) < 4.78 is 13.2. The van der Waals surface area contributed by atoms with Crippen LogP contribution in [0.5, 0.6) is 0 Å². The number of fused-ring (bicyclic) bond motifs is 4. The maximum Gasteiger partial charge on any atom is 0.218 e. The minimum atomic E-state index is -0.0157. The second kappa shape index (κ2) is 39.6. The molecule has 10 aromatic rings. The first kappa shape index (κ1) is 74.4. The zero-order valence-corrected chi connectivity index (χ0v) is 65.1. The van der Waals surface area contributed by atoms with Gasteiger partial charge in [0, 0.05) is 63.7 Å². The van der Waals surface area contributed by atoms with Gasteiger partial charge in [-0.15, -0.1) is 45.3 Å². The van der Waals surface area contributed by atoms with Crippen LogP contribution in [0.3, 0.4) is 0 Å². The van der Waals surface area contributed by atoms with Crippen LogP contribution in [0.1, 0.15) is 284 Å². The Kier molecular flexibility index (Phi) is 30.1. The zero-order chi connectivity index (χ0) is 67.6. The van der Waals surface area contributed by atoms with Crippen molar-refractivity contribution in [1.82, 2.24) is 8.75 Å². The second-order valence-electron chi connectivity index (χ2n) is 28.8. The molecule has 98 heavy (non-hydrogen) atoms. The van der Waals surface area contributed by atoms with Crippen molar-refractivity contribution < 1.29 is 5.11 Å². The fraction of sp³-hybridized carbons (Fsp3) is 0.500. The summed E-state index contributed by atoms with van der Waals surface area (Å²) >= 11 is 11.3. The molecule has 11 rings (SSSR count). The van der Waals surface area contributed by atoms with E-state index in [-0.39, 0.29) is 5.41 Å². The van der Waals surface area contributed by atoms with Gasteiger partial charge in [0.05, 0.1) is 11.7 Å². The lowest BCUT2D eigenvalue weighted by molar-refractivity contribution is 0.282. The van der Waals surface area contributed by atoms with Gasteiger partial charge >= 0.3 is 0 Å². The Morgan fingerprint density at radius 2 is 0.878 bits per heavy atom. The summed E-state index contributed by atoms with van der Waals surface area (Å²) in [5.74, 6) is 0. The van der Waals surface area contributed by atoms with E-state index >= 15 is 0 Å².